The largest absolute Gasteiger partial charge is 0.368 e. The van der Waals surface area contributed by atoms with Crippen LogP contribution in [0.2, 0.25) is 0 Å². The predicted octanol–water partition coefficient (Wildman–Crippen LogP) is 1.68. The number of nitrogens with zero attached hydrogens (tertiary/aromatic N) is 7. The van der Waals surface area contributed by atoms with E-state index in [2.05, 4.69) is 48.7 Å². The number of rotatable bonds is 3. The van der Waals surface area contributed by atoms with E-state index in [0.29, 0.717) is 11.2 Å². The molecule has 1 N–H and O–H groups in total. The topological polar surface area (TPSA) is 91.5 Å². The molecule has 5 rings (SSSR count). The molecule has 1 amide bonds. The van der Waals surface area contributed by atoms with Gasteiger partial charge in [0.1, 0.15) is 0 Å². The molecule has 0 spiro atoms. The highest BCUT2D eigenvalue weighted by Gasteiger charge is 2.18. The molecule has 1 aliphatic heterocycles. The van der Waals surface area contributed by atoms with Crippen LogP contribution in [0, 0.1) is 0 Å². The molecule has 29 heavy (non-hydrogen) atoms. The highest BCUT2D eigenvalue weighted by atomic mass is 16.1. The average molecular weight is 388 g/mol. The maximum atomic E-state index is 12.8. The monoisotopic (exact) mass is 388 g/mol. The lowest BCUT2D eigenvalue weighted by Gasteiger charge is -2.34. The third kappa shape index (κ3) is 3.25. The zero-order valence-electron chi connectivity index (χ0n) is 16.0. The molecule has 1 fully saturated rings. The Balaban J connectivity index is 1.47. The lowest BCUT2D eigenvalue weighted by atomic mass is 10.1. The van der Waals surface area contributed by atoms with E-state index in [0.717, 1.165) is 42.6 Å². The molecule has 0 bridgehead atoms. The fourth-order valence-electron chi connectivity index (χ4n) is 3.68. The Morgan fingerprint density at radius 2 is 1.93 bits per heavy atom. The van der Waals surface area contributed by atoms with Gasteiger partial charge in [-0.25, -0.2) is 4.52 Å². The molecule has 1 aromatic carbocycles. The molecule has 1 saturated heterocycles. The molecular formula is C20H20N8O. The first-order chi connectivity index (χ1) is 14.2. The Bertz CT molecular complexity index is 1200. The van der Waals surface area contributed by atoms with Crippen molar-refractivity contribution in [2.75, 3.05) is 43.4 Å². The number of hydrogen-bond acceptors (Lipinski definition) is 7. The standard InChI is InChI=1S/C20H20N8O/c1-26-8-10-27(11-9-26)18-3-2-17(16-13-21-6-4-15(16)18)22-20(29)14-5-7-28-19(12-14)23-24-25-28/h2-7,12-13H,8-11H2,1H3,(H,22,29). The zero-order chi connectivity index (χ0) is 19.8. The summed E-state index contributed by atoms with van der Waals surface area (Å²) in [5.41, 5.74) is 2.92. The van der Waals surface area contributed by atoms with E-state index in [9.17, 15) is 4.79 Å². The number of anilines is 2. The molecule has 146 valence electrons. The number of piperazine rings is 1. The average Bonchev–Trinajstić information content (AvgIpc) is 3.23. The van der Waals surface area contributed by atoms with Gasteiger partial charge in [-0.2, -0.15) is 0 Å². The van der Waals surface area contributed by atoms with Crippen LogP contribution in [0.25, 0.3) is 16.4 Å². The molecule has 0 saturated carbocycles. The maximum Gasteiger partial charge on any atom is 0.255 e. The number of carbonyl (C=O) groups is 1. The number of aromatic nitrogens is 5. The van der Waals surface area contributed by atoms with Crippen molar-refractivity contribution in [2.24, 2.45) is 0 Å². The van der Waals surface area contributed by atoms with Gasteiger partial charge in [0.05, 0.1) is 5.69 Å². The molecule has 4 heterocycles. The number of likely N-dealkylation sites (N-methyl/N-ethyl adjacent to an activating group) is 1. The second kappa shape index (κ2) is 7.10. The first-order valence-electron chi connectivity index (χ1n) is 9.48. The minimum atomic E-state index is -0.215. The molecular weight excluding hydrogens is 368 g/mol. The quantitative estimate of drug-likeness (QED) is 0.571. The van der Waals surface area contributed by atoms with Crippen LogP contribution in [0.3, 0.4) is 0 Å². The van der Waals surface area contributed by atoms with Crippen LogP contribution in [0.4, 0.5) is 11.4 Å². The van der Waals surface area contributed by atoms with E-state index in [1.807, 2.05) is 12.1 Å². The van der Waals surface area contributed by atoms with Crippen LogP contribution in [-0.4, -0.2) is 69.1 Å². The molecule has 0 unspecified atom stereocenters. The number of benzene rings is 1. The fraction of sp³-hybridized carbons (Fsp3) is 0.250. The van der Waals surface area contributed by atoms with E-state index in [1.54, 1.807) is 30.7 Å². The van der Waals surface area contributed by atoms with Crippen molar-refractivity contribution in [3.8, 4) is 0 Å². The van der Waals surface area contributed by atoms with Crippen molar-refractivity contribution < 1.29 is 4.79 Å². The summed E-state index contributed by atoms with van der Waals surface area (Å²) in [5, 5.41) is 16.3. The normalized spacial score (nSPS) is 15.1. The highest BCUT2D eigenvalue weighted by Crippen LogP contribution is 2.32. The molecule has 4 aromatic rings. The van der Waals surface area contributed by atoms with Crippen LogP contribution in [0.1, 0.15) is 10.4 Å². The van der Waals surface area contributed by atoms with Crippen LogP contribution < -0.4 is 10.2 Å². The number of carbonyl (C=O) groups excluding carboxylic acids is 1. The lowest BCUT2D eigenvalue weighted by molar-refractivity contribution is 0.102. The molecule has 0 atom stereocenters. The van der Waals surface area contributed by atoms with Gasteiger partial charge >= 0.3 is 0 Å². The van der Waals surface area contributed by atoms with Gasteiger partial charge < -0.3 is 15.1 Å². The molecule has 9 nitrogen and oxygen atoms in total. The van der Waals surface area contributed by atoms with Gasteiger partial charge in [0, 0.05) is 66.8 Å². The number of fused-ring (bicyclic) bond motifs is 2. The molecule has 3 aromatic heterocycles. The van der Waals surface area contributed by atoms with Crippen molar-refractivity contribution in [2.45, 2.75) is 0 Å². The van der Waals surface area contributed by atoms with Crippen LogP contribution in [0.5, 0.6) is 0 Å². The minimum Gasteiger partial charge on any atom is -0.368 e. The van der Waals surface area contributed by atoms with Crippen LogP contribution in [0.15, 0.2) is 48.9 Å². The summed E-state index contributed by atoms with van der Waals surface area (Å²) in [4.78, 5) is 21.8. The third-order valence-corrected chi connectivity index (χ3v) is 5.35. The van der Waals surface area contributed by atoms with Crippen molar-refractivity contribution in [3.63, 3.8) is 0 Å². The molecule has 9 heteroatoms. The zero-order valence-corrected chi connectivity index (χ0v) is 16.0. The Labute approximate surface area is 166 Å². The van der Waals surface area contributed by atoms with E-state index >= 15 is 0 Å². The third-order valence-electron chi connectivity index (χ3n) is 5.35. The van der Waals surface area contributed by atoms with Gasteiger partial charge in [-0.05, 0) is 47.8 Å². The summed E-state index contributed by atoms with van der Waals surface area (Å²) in [7, 11) is 2.14. The Morgan fingerprint density at radius 1 is 1.07 bits per heavy atom. The first-order valence-corrected chi connectivity index (χ1v) is 9.48. The van der Waals surface area contributed by atoms with Gasteiger partial charge in [0.2, 0.25) is 0 Å². The highest BCUT2D eigenvalue weighted by molar-refractivity contribution is 6.11. The predicted molar refractivity (Wildman–Crippen MR) is 110 cm³/mol. The lowest BCUT2D eigenvalue weighted by Crippen LogP contribution is -2.44. The van der Waals surface area contributed by atoms with E-state index in [1.165, 1.54) is 10.2 Å². The molecule has 0 radical (unpaired) electrons. The van der Waals surface area contributed by atoms with Gasteiger partial charge in [-0.15, -0.1) is 5.10 Å². The summed E-state index contributed by atoms with van der Waals surface area (Å²) in [6.45, 7) is 4.02. The molecule has 1 aliphatic rings. The van der Waals surface area contributed by atoms with E-state index < -0.39 is 0 Å². The van der Waals surface area contributed by atoms with Crippen LogP contribution in [-0.2, 0) is 0 Å². The SMILES string of the molecule is CN1CCN(c2ccc(NC(=O)c3ccn4nnnc4c3)c3cnccc23)CC1. The van der Waals surface area contributed by atoms with Gasteiger partial charge in [-0.3, -0.25) is 9.78 Å². The molecule has 0 aliphatic carbocycles. The van der Waals surface area contributed by atoms with E-state index in [-0.39, 0.29) is 5.91 Å². The van der Waals surface area contributed by atoms with Crippen molar-refractivity contribution in [1.29, 1.82) is 0 Å². The number of hydrogen-bond donors (Lipinski definition) is 1. The van der Waals surface area contributed by atoms with Gasteiger partial charge in [0.25, 0.3) is 5.91 Å². The Kier molecular flexibility index (Phi) is 4.28. The van der Waals surface area contributed by atoms with E-state index in [4.69, 9.17) is 0 Å². The van der Waals surface area contributed by atoms with Gasteiger partial charge in [0.15, 0.2) is 5.65 Å². The summed E-state index contributed by atoms with van der Waals surface area (Å²) in [5.74, 6) is -0.215. The van der Waals surface area contributed by atoms with Crippen molar-refractivity contribution in [1.82, 2.24) is 29.9 Å². The maximum absolute atomic E-state index is 12.8. The number of tetrazole rings is 1. The minimum absolute atomic E-state index is 0.215. The summed E-state index contributed by atoms with van der Waals surface area (Å²) < 4.78 is 1.51. The summed E-state index contributed by atoms with van der Waals surface area (Å²) >= 11 is 0. The number of amides is 1. The first kappa shape index (κ1) is 17.5. The Morgan fingerprint density at radius 3 is 2.79 bits per heavy atom. The number of nitrogens with one attached hydrogen (secondary N) is 1. The summed E-state index contributed by atoms with van der Waals surface area (Å²) in [6, 6.07) is 9.39. The fourth-order valence-corrected chi connectivity index (χ4v) is 3.68. The Hall–Kier alpha value is -3.59. The number of pyridine rings is 2. The summed E-state index contributed by atoms with van der Waals surface area (Å²) in [6.07, 6.45) is 5.26. The van der Waals surface area contributed by atoms with Crippen molar-refractivity contribution >= 4 is 33.7 Å². The van der Waals surface area contributed by atoms with Gasteiger partial charge in [-0.1, -0.05) is 0 Å². The smallest absolute Gasteiger partial charge is 0.255 e. The van der Waals surface area contributed by atoms with Crippen molar-refractivity contribution in [3.05, 3.63) is 54.5 Å². The second-order valence-corrected chi connectivity index (χ2v) is 7.20. The van der Waals surface area contributed by atoms with Crippen LogP contribution >= 0.6 is 0 Å². The second-order valence-electron chi connectivity index (χ2n) is 7.20.